The Labute approximate surface area is 297 Å². The van der Waals surface area contributed by atoms with Crippen molar-refractivity contribution in [2.75, 3.05) is 4.90 Å². The molecule has 5 heteroatoms. The van der Waals surface area contributed by atoms with Crippen molar-refractivity contribution >= 4 is 82.8 Å². The second kappa shape index (κ2) is 11.2. The van der Waals surface area contributed by atoms with Crippen LogP contribution in [0.25, 0.3) is 88.3 Å². The highest BCUT2D eigenvalue weighted by atomic mass is 16.4. The minimum absolute atomic E-state index is 0.567. The summed E-state index contributed by atoms with van der Waals surface area (Å²) < 4.78 is 19.0. The maximum Gasteiger partial charge on any atom is 0.228 e. The summed E-state index contributed by atoms with van der Waals surface area (Å²) in [7, 11) is 0. The molecule has 0 radical (unpaired) electrons. The molecular formula is C47H28N2O3. The zero-order chi connectivity index (χ0) is 34.2. The number of para-hydroxylation sites is 3. The lowest BCUT2D eigenvalue weighted by Crippen LogP contribution is -2.10. The van der Waals surface area contributed by atoms with E-state index < -0.39 is 0 Å². The van der Waals surface area contributed by atoms with E-state index in [1.165, 1.54) is 16.3 Å². The Morgan fingerprint density at radius 3 is 1.88 bits per heavy atom. The van der Waals surface area contributed by atoms with E-state index in [2.05, 4.69) is 126 Å². The van der Waals surface area contributed by atoms with Gasteiger partial charge in [0.1, 0.15) is 27.8 Å². The lowest BCUT2D eigenvalue weighted by atomic mass is 9.97. The van der Waals surface area contributed by atoms with E-state index in [0.29, 0.717) is 5.89 Å². The molecule has 0 fully saturated rings. The van der Waals surface area contributed by atoms with Gasteiger partial charge in [-0.1, -0.05) is 91.0 Å². The van der Waals surface area contributed by atoms with E-state index in [1.807, 2.05) is 48.5 Å². The van der Waals surface area contributed by atoms with Gasteiger partial charge in [0.25, 0.3) is 0 Å². The first-order valence-corrected chi connectivity index (χ1v) is 17.4. The van der Waals surface area contributed by atoms with Gasteiger partial charge in [-0.25, -0.2) is 4.98 Å². The maximum atomic E-state index is 6.45. The molecule has 11 aromatic rings. The van der Waals surface area contributed by atoms with Crippen LogP contribution < -0.4 is 4.90 Å². The van der Waals surface area contributed by atoms with E-state index >= 15 is 0 Å². The summed E-state index contributed by atoms with van der Waals surface area (Å²) in [5.74, 6) is 0.567. The fourth-order valence-corrected chi connectivity index (χ4v) is 7.71. The Balaban J connectivity index is 1.14. The van der Waals surface area contributed by atoms with Crippen molar-refractivity contribution in [2.24, 2.45) is 0 Å². The molecule has 0 atom stereocenters. The van der Waals surface area contributed by atoms with Gasteiger partial charge in [-0.2, -0.15) is 0 Å². The second-order valence-electron chi connectivity index (χ2n) is 13.1. The minimum atomic E-state index is 0.567. The first-order chi connectivity index (χ1) is 25.7. The molecule has 0 spiro atoms. The van der Waals surface area contributed by atoms with Crippen molar-refractivity contribution in [1.82, 2.24) is 4.98 Å². The summed E-state index contributed by atoms with van der Waals surface area (Å²) in [6.07, 6.45) is 0. The van der Waals surface area contributed by atoms with Crippen molar-refractivity contribution in [2.45, 2.75) is 0 Å². The Kier molecular flexibility index (Phi) is 6.18. The van der Waals surface area contributed by atoms with Gasteiger partial charge in [-0.3, -0.25) is 0 Å². The van der Waals surface area contributed by atoms with Crippen LogP contribution >= 0.6 is 0 Å². The summed E-state index contributed by atoms with van der Waals surface area (Å²) in [5, 5.41) is 6.53. The number of rotatable bonds is 5. The monoisotopic (exact) mass is 668 g/mol. The number of fused-ring (bicyclic) bond motifs is 8. The molecule has 244 valence electrons. The molecule has 11 rings (SSSR count). The molecule has 0 bridgehead atoms. The molecule has 0 saturated heterocycles. The number of oxazole rings is 1. The fraction of sp³-hybridized carbons (Fsp3) is 0. The molecular weight excluding hydrogens is 641 g/mol. The number of furan rings is 2. The van der Waals surface area contributed by atoms with Crippen molar-refractivity contribution < 1.29 is 13.3 Å². The number of aromatic nitrogens is 1. The minimum Gasteiger partial charge on any atom is -0.456 e. The van der Waals surface area contributed by atoms with E-state index in [-0.39, 0.29) is 0 Å². The van der Waals surface area contributed by atoms with Gasteiger partial charge in [0, 0.05) is 44.2 Å². The van der Waals surface area contributed by atoms with Gasteiger partial charge in [0.15, 0.2) is 5.58 Å². The number of benzene rings is 8. The Bertz CT molecular complexity index is 3130. The van der Waals surface area contributed by atoms with E-state index in [1.54, 1.807) is 0 Å². The third kappa shape index (κ3) is 4.46. The van der Waals surface area contributed by atoms with Gasteiger partial charge >= 0.3 is 0 Å². The molecule has 8 aromatic carbocycles. The normalized spacial score (nSPS) is 11.8. The quantitative estimate of drug-likeness (QED) is 0.183. The van der Waals surface area contributed by atoms with Gasteiger partial charge in [-0.05, 0) is 101 Å². The van der Waals surface area contributed by atoms with Crippen LogP contribution in [-0.2, 0) is 0 Å². The zero-order valence-corrected chi connectivity index (χ0v) is 27.8. The predicted molar refractivity (Wildman–Crippen MR) is 212 cm³/mol. The third-order valence-corrected chi connectivity index (χ3v) is 10.1. The highest BCUT2D eigenvalue weighted by Crippen LogP contribution is 2.44. The lowest BCUT2D eigenvalue weighted by molar-refractivity contribution is 0.620. The molecule has 0 aliphatic carbocycles. The van der Waals surface area contributed by atoms with Crippen LogP contribution in [0.4, 0.5) is 17.1 Å². The van der Waals surface area contributed by atoms with Crippen molar-refractivity contribution in [1.29, 1.82) is 0 Å². The third-order valence-electron chi connectivity index (χ3n) is 10.1. The first-order valence-electron chi connectivity index (χ1n) is 17.4. The van der Waals surface area contributed by atoms with Crippen LogP contribution in [-0.4, -0.2) is 4.98 Å². The van der Waals surface area contributed by atoms with Crippen LogP contribution in [0.1, 0.15) is 0 Å². The zero-order valence-electron chi connectivity index (χ0n) is 27.8. The average molecular weight is 669 g/mol. The van der Waals surface area contributed by atoms with Gasteiger partial charge in [-0.15, -0.1) is 0 Å². The number of hydrogen-bond donors (Lipinski definition) is 0. The molecule has 0 aliphatic heterocycles. The topological polar surface area (TPSA) is 55.6 Å². The Morgan fingerprint density at radius 2 is 1.00 bits per heavy atom. The molecule has 0 N–H and O–H groups in total. The van der Waals surface area contributed by atoms with Crippen LogP contribution in [0.2, 0.25) is 0 Å². The lowest BCUT2D eigenvalue weighted by Gasteiger charge is -2.26. The highest BCUT2D eigenvalue weighted by Gasteiger charge is 2.21. The SMILES string of the molecule is c1cc(-c2cccc3ccccc23)cc(N(c2ccc3oc4ccccc4c3c2)c2ccc3oc4cccc(-c5nc6ccccc6o5)c4c3c2)c1. The molecule has 5 nitrogen and oxygen atoms in total. The van der Waals surface area contributed by atoms with Crippen molar-refractivity contribution in [3.63, 3.8) is 0 Å². The van der Waals surface area contributed by atoms with Crippen LogP contribution in [0.3, 0.4) is 0 Å². The molecule has 3 aromatic heterocycles. The van der Waals surface area contributed by atoms with Crippen LogP contribution in [0, 0.1) is 0 Å². The summed E-state index contributed by atoms with van der Waals surface area (Å²) >= 11 is 0. The van der Waals surface area contributed by atoms with E-state index in [4.69, 9.17) is 18.2 Å². The Hall–Kier alpha value is -7.11. The largest absolute Gasteiger partial charge is 0.456 e. The maximum absolute atomic E-state index is 6.45. The molecule has 0 amide bonds. The standard InChI is InChI=1S/C47H28N2O3/c1-2-14-34-29(10-1)11-8-16-35(34)30-12-7-13-31(26-30)49(32-22-24-42-38(27-32)36-15-3-5-19-41(36)50-42)33-23-25-43-39(28-33)46-37(17-9-21-45(46)51-43)47-48-40-18-4-6-20-44(40)52-47/h1-28H. The van der Waals surface area contributed by atoms with Gasteiger partial charge in [0.05, 0.1) is 0 Å². The molecule has 52 heavy (non-hydrogen) atoms. The highest BCUT2D eigenvalue weighted by molar-refractivity contribution is 6.13. The number of anilines is 3. The molecule has 0 unspecified atom stereocenters. The fourth-order valence-electron chi connectivity index (χ4n) is 7.71. The molecule has 0 aliphatic rings. The van der Waals surface area contributed by atoms with Crippen molar-refractivity contribution in [3.05, 3.63) is 170 Å². The summed E-state index contributed by atoms with van der Waals surface area (Å²) in [6, 6.07) is 58.8. The number of nitrogens with zero attached hydrogens (tertiary/aromatic N) is 2. The summed E-state index contributed by atoms with van der Waals surface area (Å²) in [5.41, 5.74) is 11.1. The van der Waals surface area contributed by atoms with Gasteiger partial charge in [0.2, 0.25) is 5.89 Å². The van der Waals surface area contributed by atoms with Gasteiger partial charge < -0.3 is 18.2 Å². The number of hydrogen-bond acceptors (Lipinski definition) is 5. The molecule has 3 heterocycles. The predicted octanol–water partition coefficient (Wildman–Crippen LogP) is 13.6. The Morgan fingerprint density at radius 1 is 0.385 bits per heavy atom. The summed E-state index contributed by atoms with van der Waals surface area (Å²) in [4.78, 5) is 7.17. The smallest absolute Gasteiger partial charge is 0.228 e. The first kappa shape index (κ1) is 28.7. The molecule has 0 saturated carbocycles. The average Bonchev–Trinajstić information content (AvgIpc) is 3.91. The second-order valence-corrected chi connectivity index (χ2v) is 13.1. The summed E-state index contributed by atoms with van der Waals surface area (Å²) in [6.45, 7) is 0. The van der Waals surface area contributed by atoms with Crippen LogP contribution in [0.15, 0.2) is 183 Å². The van der Waals surface area contributed by atoms with E-state index in [0.717, 1.165) is 83.2 Å². The van der Waals surface area contributed by atoms with Crippen LogP contribution in [0.5, 0.6) is 0 Å². The van der Waals surface area contributed by atoms with Crippen molar-refractivity contribution in [3.8, 4) is 22.6 Å². The van der Waals surface area contributed by atoms with E-state index in [9.17, 15) is 0 Å².